The number of amides is 1. The van der Waals surface area contributed by atoms with E-state index < -0.39 is 0 Å². The van der Waals surface area contributed by atoms with E-state index in [0.29, 0.717) is 6.54 Å². The van der Waals surface area contributed by atoms with Crippen LogP contribution in [0.25, 0.3) is 0 Å². The van der Waals surface area contributed by atoms with Gasteiger partial charge in [-0.15, -0.1) is 0 Å². The average molecular weight is 257 g/mol. The van der Waals surface area contributed by atoms with Gasteiger partial charge >= 0.3 is 0 Å². The summed E-state index contributed by atoms with van der Waals surface area (Å²) >= 11 is 0. The maximum Gasteiger partial charge on any atom is 0.246 e. The second-order valence-corrected chi connectivity index (χ2v) is 4.53. The van der Waals surface area contributed by atoms with Crippen LogP contribution >= 0.6 is 0 Å². The Kier molecular flexibility index (Phi) is 2.70. The van der Waals surface area contributed by atoms with E-state index in [9.17, 15) is 4.79 Å². The summed E-state index contributed by atoms with van der Waals surface area (Å²) in [5.74, 6) is -0.0835. The molecule has 0 radical (unpaired) electrons. The van der Waals surface area contributed by atoms with Crippen molar-refractivity contribution in [1.29, 1.82) is 0 Å². The van der Waals surface area contributed by atoms with Crippen molar-refractivity contribution in [2.45, 2.75) is 12.5 Å². The van der Waals surface area contributed by atoms with Crippen LogP contribution < -0.4 is 0 Å². The number of hydrogen-bond acceptors (Lipinski definition) is 3. The third kappa shape index (κ3) is 1.76. The molecule has 6 heteroatoms. The van der Waals surface area contributed by atoms with E-state index in [1.165, 1.54) is 6.08 Å². The van der Waals surface area contributed by atoms with Gasteiger partial charge in [-0.25, -0.2) is 4.98 Å². The van der Waals surface area contributed by atoms with Crippen LogP contribution in [0.5, 0.6) is 0 Å². The van der Waals surface area contributed by atoms with Gasteiger partial charge in [0.1, 0.15) is 6.04 Å². The minimum absolute atomic E-state index is 0.0835. The van der Waals surface area contributed by atoms with Gasteiger partial charge < -0.3 is 9.88 Å². The molecule has 0 aliphatic carbocycles. The van der Waals surface area contributed by atoms with Crippen LogP contribution in [-0.4, -0.2) is 37.1 Å². The van der Waals surface area contributed by atoms with Crippen LogP contribution in [0, 0.1) is 0 Å². The fourth-order valence-corrected chi connectivity index (χ4v) is 2.58. The van der Waals surface area contributed by atoms with Gasteiger partial charge in [0.15, 0.2) is 0 Å². The molecule has 0 saturated heterocycles. The Morgan fingerprint density at radius 3 is 3.16 bits per heavy atom. The zero-order valence-corrected chi connectivity index (χ0v) is 10.7. The van der Waals surface area contributed by atoms with Gasteiger partial charge in [-0.2, -0.15) is 5.10 Å². The molecule has 98 valence electrons. The summed E-state index contributed by atoms with van der Waals surface area (Å²) in [5, 5.41) is 4.18. The normalized spacial score (nSPS) is 18.2. The molecule has 2 aromatic heterocycles. The van der Waals surface area contributed by atoms with Gasteiger partial charge in [0.05, 0.1) is 17.7 Å². The number of fused-ring (bicyclic) bond motifs is 1. The van der Waals surface area contributed by atoms with Crippen LogP contribution in [0.4, 0.5) is 0 Å². The molecule has 1 aliphatic heterocycles. The molecule has 0 fully saturated rings. The molecular formula is C13H15N5O. The third-order valence-corrected chi connectivity index (χ3v) is 3.52. The van der Waals surface area contributed by atoms with Crippen molar-refractivity contribution in [3.8, 4) is 0 Å². The Hall–Kier alpha value is -2.37. The number of hydrogen-bond donors (Lipinski definition) is 1. The molecular weight excluding hydrogens is 242 g/mol. The van der Waals surface area contributed by atoms with Crippen molar-refractivity contribution in [2.24, 2.45) is 7.05 Å². The molecule has 0 aromatic carbocycles. The molecule has 3 rings (SSSR count). The maximum atomic E-state index is 12.1. The van der Waals surface area contributed by atoms with Crippen LogP contribution in [0.2, 0.25) is 0 Å². The van der Waals surface area contributed by atoms with E-state index in [1.807, 2.05) is 13.1 Å². The lowest BCUT2D eigenvalue weighted by Crippen LogP contribution is -2.40. The van der Waals surface area contributed by atoms with Gasteiger partial charge in [0.2, 0.25) is 5.91 Å². The summed E-state index contributed by atoms with van der Waals surface area (Å²) in [6.07, 6.45) is 5.53. The molecule has 1 atom stereocenters. The summed E-state index contributed by atoms with van der Waals surface area (Å²) in [4.78, 5) is 21.4. The van der Waals surface area contributed by atoms with Crippen molar-refractivity contribution in [3.05, 3.63) is 48.3 Å². The third-order valence-electron chi connectivity index (χ3n) is 3.52. The van der Waals surface area contributed by atoms with E-state index in [1.54, 1.807) is 22.1 Å². The highest BCUT2D eigenvalue weighted by Gasteiger charge is 2.34. The standard InChI is InChI=1S/C13H15N5O/c1-3-11(19)18-7-5-9-12(15-8-14-9)13(18)10-4-6-16-17(10)2/h3-4,6,8,13H,1,5,7H2,2H3,(H,14,15). The Morgan fingerprint density at radius 2 is 2.47 bits per heavy atom. The van der Waals surface area contributed by atoms with E-state index in [0.717, 1.165) is 23.5 Å². The van der Waals surface area contributed by atoms with Gasteiger partial charge in [0, 0.05) is 31.9 Å². The monoisotopic (exact) mass is 257 g/mol. The highest BCUT2D eigenvalue weighted by molar-refractivity contribution is 5.87. The predicted octanol–water partition coefficient (Wildman–Crippen LogP) is 0.803. The van der Waals surface area contributed by atoms with Crippen molar-refractivity contribution in [3.63, 3.8) is 0 Å². The summed E-state index contributed by atoms with van der Waals surface area (Å²) < 4.78 is 1.78. The fraction of sp³-hybridized carbons (Fsp3) is 0.308. The molecule has 0 bridgehead atoms. The number of carbonyl (C=O) groups excluding carboxylic acids is 1. The lowest BCUT2D eigenvalue weighted by Gasteiger charge is -2.34. The average Bonchev–Trinajstić information content (AvgIpc) is 3.05. The number of H-pyrrole nitrogens is 1. The maximum absolute atomic E-state index is 12.1. The quantitative estimate of drug-likeness (QED) is 0.809. The van der Waals surface area contributed by atoms with Crippen molar-refractivity contribution in [2.75, 3.05) is 6.54 Å². The molecule has 3 heterocycles. The zero-order valence-electron chi connectivity index (χ0n) is 10.7. The summed E-state index contributed by atoms with van der Waals surface area (Å²) in [6.45, 7) is 4.22. The summed E-state index contributed by atoms with van der Waals surface area (Å²) in [7, 11) is 1.87. The van der Waals surface area contributed by atoms with Crippen LogP contribution in [0.15, 0.2) is 31.2 Å². The van der Waals surface area contributed by atoms with Crippen molar-refractivity contribution < 1.29 is 4.79 Å². The first-order valence-electron chi connectivity index (χ1n) is 6.15. The minimum Gasteiger partial charge on any atom is -0.348 e. The second-order valence-electron chi connectivity index (χ2n) is 4.53. The fourth-order valence-electron chi connectivity index (χ4n) is 2.58. The van der Waals surface area contributed by atoms with Gasteiger partial charge in [0.25, 0.3) is 0 Å². The smallest absolute Gasteiger partial charge is 0.246 e. The van der Waals surface area contributed by atoms with Gasteiger partial charge in [-0.05, 0) is 12.1 Å². The largest absolute Gasteiger partial charge is 0.348 e. The Morgan fingerprint density at radius 1 is 1.63 bits per heavy atom. The molecule has 0 spiro atoms. The molecule has 1 amide bonds. The van der Waals surface area contributed by atoms with Crippen LogP contribution in [0.3, 0.4) is 0 Å². The zero-order chi connectivity index (χ0) is 13.4. The first-order chi connectivity index (χ1) is 9.22. The summed E-state index contributed by atoms with van der Waals surface area (Å²) in [5.41, 5.74) is 2.92. The Bertz CT molecular complexity index is 627. The van der Waals surface area contributed by atoms with Gasteiger partial charge in [-0.3, -0.25) is 9.48 Å². The van der Waals surface area contributed by atoms with Crippen LogP contribution in [0.1, 0.15) is 23.1 Å². The molecule has 0 saturated carbocycles. The Balaban J connectivity index is 2.12. The summed E-state index contributed by atoms with van der Waals surface area (Å²) in [6, 6.07) is 1.71. The minimum atomic E-state index is -0.201. The first-order valence-corrected chi connectivity index (χ1v) is 6.15. The topological polar surface area (TPSA) is 66.8 Å². The number of imidazole rings is 1. The second kappa shape index (κ2) is 4.38. The Labute approximate surface area is 110 Å². The molecule has 19 heavy (non-hydrogen) atoms. The SMILES string of the molecule is C=CC(=O)N1CCc2[nH]cnc2C1c1ccnn1C. The number of aromatic amines is 1. The van der Waals surface area contributed by atoms with Gasteiger partial charge in [-0.1, -0.05) is 6.58 Å². The predicted molar refractivity (Wildman–Crippen MR) is 69.3 cm³/mol. The molecule has 1 unspecified atom stereocenters. The number of carbonyl (C=O) groups is 1. The number of nitrogens with one attached hydrogen (secondary N) is 1. The van der Waals surface area contributed by atoms with Crippen molar-refractivity contribution >= 4 is 5.91 Å². The van der Waals surface area contributed by atoms with E-state index >= 15 is 0 Å². The molecule has 1 aliphatic rings. The number of aromatic nitrogens is 4. The first kappa shape index (κ1) is 11.7. The number of rotatable bonds is 2. The van der Waals surface area contributed by atoms with E-state index in [2.05, 4.69) is 21.6 Å². The van der Waals surface area contributed by atoms with Crippen LogP contribution in [-0.2, 0) is 18.3 Å². The lowest BCUT2D eigenvalue weighted by molar-refractivity contribution is -0.128. The molecule has 1 N–H and O–H groups in total. The highest BCUT2D eigenvalue weighted by Crippen LogP contribution is 2.32. The highest BCUT2D eigenvalue weighted by atomic mass is 16.2. The van der Waals surface area contributed by atoms with E-state index in [-0.39, 0.29) is 11.9 Å². The number of nitrogens with zero attached hydrogens (tertiary/aromatic N) is 4. The van der Waals surface area contributed by atoms with E-state index in [4.69, 9.17) is 0 Å². The molecule has 6 nitrogen and oxygen atoms in total. The number of aryl methyl sites for hydroxylation is 1. The van der Waals surface area contributed by atoms with Crippen molar-refractivity contribution in [1.82, 2.24) is 24.6 Å². The molecule has 2 aromatic rings. The lowest BCUT2D eigenvalue weighted by atomic mass is 9.99.